The molecular weight excluding hydrogens is 418 g/mol. The molecule has 0 radical (unpaired) electrons. The maximum Gasteiger partial charge on any atom is 0.311 e. The fourth-order valence-electron chi connectivity index (χ4n) is 3.02. The van der Waals surface area contributed by atoms with Gasteiger partial charge in [0.15, 0.2) is 11.5 Å². The predicted molar refractivity (Wildman–Crippen MR) is 119 cm³/mol. The van der Waals surface area contributed by atoms with Crippen molar-refractivity contribution in [3.63, 3.8) is 0 Å². The van der Waals surface area contributed by atoms with Crippen molar-refractivity contribution in [2.75, 3.05) is 25.0 Å². The van der Waals surface area contributed by atoms with Crippen LogP contribution in [0.3, 0.4) is 0 Å². The zero-order valence-electron chi connectivity index (χ0n) is 16.8. The van der Waals surface area contributed by atoms with E-state index in [9.17, 15) is 9.59 Å². The molecular formula is C22H21N3O5S. The molecule has 0 aromatic heterocycles. The highest BCUT2D eigenvalue weighted by molar-refractivity contribution is 8.14. The van der Waals surface area contributed by atoms with Gasteiger partial charge in [0.05, 0.1) is 35.7 Å². The number of aliphatic imine (C=N–C) groups is 1. The van der Waals surface area contributed by atoms with Crippen LogP contribution in [0.1, 0.15) is 12.0 Å². The third-order valence-electron chi connectivity index (χ3n) is 4.57. The van der Waals surface area contributed by atoms with Crippen LogP contribution < -0.4 is 20.1 Å². The highest BCUT2D eigenvalue weighted by Gasteiger charge is 2.16. The van der Waals surface area contributed by atoms with Crippen LogP contribution in [0.25, 0.3) is 0 Å². The molecule has 4 rings (SSSR count). The van der Waals surface area contributed by atoms with E-state index in [1.54, 1.807) is 6.08 Å². The lowest BCUT2D eigenvalue weighted by molar-refractivity contribution is -0.139. The molecule has 2 aromatic carbocycles. The minimum atomic E-state index is -0.357. The first-order chi connectivity index (χ1) is 15.1. The number of methoxy groups -OCH3 is 1. The number of ether oxygens (including phenoxy) is 3. The molecule has 8 nitrogen and oxygen atoms in total. The Morgan fingerprint density at radius 1 is 1.19 bits per heavy atom. The second-order valence-electron chi connectivity index (χ2n) is 6.77. The Hall–Kier alpha value is -3.46. The molecule has 1 amide bonds. The van der Waals surface area contributed by atoms with Crippen LogP contribution >= 0.6 is 11.8 Å². The van der Waals surface area contributed by atoms with Gasteiger partial charge >= 0.3 is 5.97 Å². The van der Waals surface area contributed by atoms with Crippen LogP contribution in [0, 0.1) is 0 Å². The van der Waals surface area contributed by atoms with Crippen molar-refractivity contribution >= 4 is 40.1 Å². The second-order valence-corrected chi connectivity index (χ2v) is 7.76. The lowest BCUT2D eigenvalue weighted by Crippen LogP contribution is -2.25. The molecule has 0 saturated heterocycles. The largest absolute Gasteiger partial charge is 0.469 e. The Balaban J connectivity index is 1.38. The molecule has 9 heteroatoms. The maximum absolute atomic E-state index is 12.4. The number of carbonyl (C=O) groups is 2. The van der Waals surface area contributed by atoms with E-state index in [0.29, 0.717) is 28.8 Å². The highest BCUT2D eigenvalue weighted by atomic mass is 32.2. The van der Waals surface area contributed by atoms with Crippen LogP contribution in [-0.4, -0.2) is 36.6 Å². The number of hydrogen-bond donors (Lipinski definition) is 2. The average Bonchev–Trinajstić information content (AvgIpc) is 3.17. The standard InChI is InChI=1S/C22H21N3O5S/c1-28-22(27)10-15-9-21(25-17-5-3-2-4-16(17)24-15)31-12-20(26)23-11-14-6-7-18-19(8-14)30-13-29-18/h2-9,24H,10-13H2,1H3,(H,23,26). The molecule has 31 heavy (non-hydrogen) atoms. The van der Waals surface area contributed by atoms with E-state index in [1.165, 1.54) is 18.9 Å². The summed E-state index contributed by atoms with van der Waals surface area (Å²) in [5, 5.41) is 6.75. The van der Waals surface area contributed by atoms with Gasteiger partial charge in [-0.2, -0.15) is 0 Å². The Kier molecular flexibility index (Phi) is 6.42. The first-order valence-corrected chi connectivity index (χ1v) is 10.6. The molecule has 2 aliphatic heterocycles. The SMILES string of the molecule is COC(=O)CC1=CC(SCC(=O)NCc2ccc3c(c2)OCO3)=Nc2ccccc2N1. The van der Waals surface area contributed by atoms with Gasteiger partial charge in [-0.15, -0.1) is 0 Å². The fourth-order valence-corrected chi connectivity index (χ4v) is 3.79. The topological polar surface area (TPSA) is 98.3 Å². The van der Waals surface area contributed by atoms with E-state index in [-0.39, 0.29) is 30.8 Å². The highest BCUT2D eigenvalue weighted by Crippen LogP contribution is 2.33. The monoisotopic (exact) mass is 439 g/mol. The first kappa shape index (κ1) is 20.8. The van der Waals surface area contributed by atoms with Crippen LogP contribution in [0.2, 0.25) is 0 Å². The molecule has 2 aliphatic rings. The number of anilines is 1. The van der Waals surface area contributed by atoms with Crippen molar-refractivity contribution in [3.05, 3.63) is 59.8 Å². The summed E-state index contributed by atoms with van der Waals surface area (Å²) >= 11 is 1.30. The number of nitrogens with one attached hydrogen (secondary N) is 2. The van der Waals surface area contributed by atoms with Crippen LogP contribution in [0.5, 0.6) is 11.5 Å². The number of para-hydroxylation sites is 2. The minimum absolute atomic E-state index is 0.0841. The van der Waals surface area contributed by atoms with E-state index < -0.39 is 0 Å². The molecule has 0 fully saturated rings. The van der Waals surface area contributed by atoms with Gasteiger partial charge in [0, 0.05) is 12.2 Å². The minimum Gasteiger partial charge on any atom is -0.469 e. The molecule has 0 aliphatic carbocycles. The van der Waals surface area contributed by atoms with Crippen molar-refractivity contribution in [2.45, 2.75) is 13.0 Å². The number of thioether (sulfide) groups is 1. The number of carbonyl (C=O) groups excluding carboxylic acids is 2. The van der Waals surface area contributed by atoms with Crippen molar-refractivity contribution in [2.24, 2.45) is 4.99 Å². The van der Waals surface area contributed by atoms with E-state index in [1.807, 2.05) is 42.5 Å². The third-order valence-corrected chi connectivity index (χ3v) is 5.48. The van der Waals surface area contributed by atoms with Crippen LogP contribution in [-0.2, 0) is 20.9 Å². The zero-order chi connectivity index (χ0) is 21.6. The van der Waals surface area contributed by atoms with E-state index in [4.69, 9.17) is 14.2 Å². The number of fused-ring (bicyclic) bond motifs is 2. The number of hydrogen-bond acceptors (Lipinski definition) is 8. The molecule has 2 N–H and O–H groups in total. The van der Waals surface area contributed by atoms with Gasteiger partial charge in [0.1, 0.15) is 0 Å². The predicted octanol–water partition coefficient (Wildman–Crippen LogP) is 3.37. The average molecular weight is 439 g/mol. The van der Waals surface area contributed by atoms with E-state index in [0.717, 1.165) is 16.9 Å². The number of rotatable bonds is 6. The Morgan fingerprint density at radius 3 is 2.90 bits per heavy atom. The molecule has 0 saturated carbocycles. The summed E-state index contributed by atoms with van der Waals surface area (Å²) in [6.07, 6.45) is 1.85. The molecule has 2 heterocycles. The van der Waals surface area contributed by atoms with Crippen LogP contribution in [0.15, 0.2) is 59.2 Å². The molecule has 0 bridgehead atoms. The fraction of sp³-hybridized carbons (Fsp3) is 0.227. The van der Waals surface area contributed by atoms with Gasteiger partial charge in [-0.3, -0.25) is 9.59 Å². The van der Waals surface area contributed by atoms with Gasteiger partial charge in [-0.25, -0.2) is 4.99 Å². The molecule has 2 aromatic rings. The Labute approximate surface area is 183 Å². The quantitative estimate of drug-likeness (QED) is 0.666. The lowest BCUT2D eigenvalue weighted by Gasteiger charge is -2.09. The van der Waals surface area contributed by atoms with Crippen molar-refractivity contribution in [1.82, 2.24) is 5.32 Å². The summed E-state index contributed by atoms with van der Waals surface area (Å²) in [5.41, 5.74) is 3.11. The summed E-state index contributed by atoms with van der Waals surface area (Å²) in [6.45, 7) is 0.601. The van der Waals surface area contributed by atoms with Crippen molar-refractivity contribution in [3.8, 4) is 11.5 Å². The molecule has 160 valence electrons. The lowest BCUT2D eigenvalue weighted by atomic mass is 10.2. The summed E-state index contributed by atoms with van der Waals surface area (Å²) in [7, 11) is 1.35. The van der Waals surface area contributed by atoms with Gasteiger partial charge in [0.2, 0.25) is 12.7 Å². The third kappa shape index (κ3) is 5.37. The summed E-state index contributed by atoms with van der Waals surface area (Å²) in [4.78, 5) is 28.7. The zero-order valence-corrected chi connectivity index (χ0v) is 17.7. The number of amides is 1. The Bertz CT molecular complexity index is 1070. The molecule has 0 unspecified atom stereocenters. The number of benzene rings is 2. The smallest absolute Gasteiger partial charge is 0.311 e. The van der Waals surface area contributed by atoms with Crippen molar-refractivity contribution < 1.29 is 23.8 Å². The van der Waals surface area contributed by atoms with Crippen molar-refractivity contribution in [1.29, 1.82) is 0 Å². The molecule has 0 spiro atoms. The van der Waals surface area contributed by atoms with E-state index >= 15 is 0 Å². The van der Waals surface area contributed by atoms with E-state index in [2.05, 4.69) is 15.6 Å². The first-order valence-electron chi connectivity index (χ1n) is 9.61. The normalized spacial score (nSPS) is 13.8. The second kappa shape index (κ2) is 9.57. The van der Waals surface area contributed by atoms with Gasteiger partial charge in [0.25, 0.3) is 0 Å². The van der Waals surface area contributed by atoms with Gasteiger partial charge < -0.3 is 24.8 Å². The molecule has 0 atom stereocenters. The van der Waals surface area contributed by atoms with Gasteiger partial charge in [-0.05, 0) is 35.9 Å². The maximum atomic E-state index is 12.4. The summed E-state index contributed by atoms with van der Waals surface area (Å²) in [6, 6.07) is 13.1. The van der Waals surface area contributed by atoms with Crippen LogP contribution in [0.4, 0.5) is 11.4 Å². The van der Waals surface area contributed by atoms with Gasteiger partial charge in [-0.1, -0.05) is 30.0 Å². The number of nitrogens with zero attached hydrogens (tertiary/aromatic N) is 1. The number of esters is 1. The summed E-state index contributed by atoms with van der Waals surface area (Å²) in [5.74, 6) is 1.10. The Morgan fingerprint density at radius 2 is 2.03 bits per heavy atom. The summed E-state index contributed by atoms with van der Waals surface area (Å²) < 4.78 is 15.4.